The second-order valence-corrected chi connectivity index (χ2v) is 5.57. The normalized spacial score (nSPS) is 34.8. The van der Waals surface area contributed by atoms with Crippen molar-refractivity contribution in [3.05, 3.63) is 0 Å². The maximum Gasteiger partial charge on any atom is 0.324 e. The zero-order valence-electron chi connectivity index (χ0n) is 6.23. The molecule has 1 saturated heterocycles. The van der Waals surface area contributed by atoms with E-state index in [0.717, 1.165) is 23.6 Å². The minimum Gasteiger partial charge on any atom is -0.273 e. The van der Waals surface area contributed by atoms with E-state index in [1.54, 1.807) is 0 Å². The van der Waals surface area contributed by atoms with E-state index in [1.165, 1.54) is 0 Å². The molecular formula is C6H8ClNO3S. The van der Waals surface area contributed by atoms with Crippen molar-refractivity contribution < 1.29 is 13.2 Å². The van der Waals surface area contributed by atoms with Crippen LogP contribution in [-0.2, 0) is 14.0 Å². The fraction of sp³-hybridized carbons (Fsp3) is 0.833. The van der Waals surface area contributed by atoms with Crippen LogP contribution in [0.25, 0.3) is 0 Å². The fourth-order valence-electron chi connectivity index (χ4n) is 2.02. The van der Waals surface area contributed by atoms with Crippen LogP contribution in [0.1, 0.15) is 19.3 Å². The molecule has 4 nitrogen and oxygen atoms in total. The first-order chi connectivity index (χ1) is 5.52. The molecule has 2 atom stereocenters. The molecule has 1 amide bonds. The average Bonchev–Trinajstić information content (AvgIpc) is 2.27. The van der Waals surface area contributed by atoms with E-state index in [4.69, 9.17) is 10.7 Å². The summed E-state index contributed by atoms with van der Waals surface area (Å²) in [6.07, 6.45) is 2.50. The second-order valence-electron chi connectivity index (χ2n) is 3.18. The average molecular weight is 210 g/mol. The van der Waals surface area contributed by atoms with Gasteiger partial charge in [-0.3, -0.25) is 4.79 Å². The maximum absolute atomic E-state index is 11.2. The summed E-state index contributed by atoms with van der Waals surface area (Å²) in [5.41, 5.74) is 0. The number of hydrogen-bond donors (Lipinski definition) is 0. The molecule has 68 valence electrons. The number of amides is 1. The second kappa shape index (κ2) is 2.35. The number of carbonyl (C=O) groups is 1. The predicted octanol–water partition coefficient (Wildman–Crippen LogP) is 0.481. The molecule has 0 spiro atoms. The van der Waals surface area contributed by atoms with E-state index in [2.05, 4.69) is 0 Å². The monoisotopic (exact) mass is 209 g/mol. The first-order valence-electron chi connectivity index (χ1n) is 3.79. The van der Waals surface area contributed by atoms with Crippen molar-refractivity contribution in [3.63, 3.8) is 0 Å². The van der Waals surface area contributed by atoms with Crippen molar-refractivity contribution in [1.29, 1.82) is 0 Å². The third-order valence-electron chi connectivity index (χ3n) is 2.55. The predicted molar refractivity (Wildman–Crippen MR) is 42.7 cm³/mol. The van der Waals surface area contributed by atoms with Crippen molar-refractivity contribution in [3.8, 4) is 0 Å². The van der Waals surface area contributed by atoms with Gasteiger partial charge < -0.3 is 0 Å². The first-order valence-corrected chi connectivity index (χ1v) is 6.06. The Bertz CT molecular complexity index is 326. The third kappa shape index (κ3) is 0.959. The van der Waals surface area contributed by atoms with Gasteiger partial charge in [0, 0.05) is 10.7 Å². The number of carbonyl (C=O) groups excluding carboxylic acids is 1. The van der Waals surface area contributed by atoms with Gasteiger partial charge in [-0.2, -0.15) is 8.42 Å². The van der Waals surface area contributed by atoms with Gasteiger partial charge in [0.2, 0.25) is 5.91 Å². The zero-order valence-corrected chi connectivity index (χ0v) is 7.81. The lowest BCUT2D eigenvalue weighted by Crippen LogP contribution is -2.59. The van der Waals surface area contributed by atoms with Gasteiger partial charge in [0.1, 0.15) is 0 Å². The lowest BCUT2D eigenvalue weighted by Gasteiger charge is -2.40. The van der Waals surface area contributed by atoms with Crippen molar-refractivity contribution in [2.24, 2.45) is 5.92 Å². The van der Waals surface area contributed by atoms with Crippen molar-refractivity contribution in [2.75, 3.05) is 0 Å². The highest BCUT2D eigenvalue weighted by molar-refractivity contribution is 8.12. The summed E-state index contributed by atoms with van der Waals surface area (Å²) < 4.78 is 22.5. The molecule has 0 unspecified atom stereocenters. The van der Waals surface area contributed by atoms with Crippen LogP contribution in [0, 0.1) is 5.92 Å². The largest absolute Gasteiger partial charge is 0.324 e. The van der Waals surface area contributed by atoms with Gasteiger partial charge in [0.25, 0.3) is 0 Å². The molecular weight excluding hydrogens is 202 g/mol. The Balaban J connectivity index is 2.26. The van der Waals surface area contributed by atoms with E-state index in [0.29, 0.717) is 0 Å². The number of fused-ring (bicyclic) bond motifs is 1. The lowest BCUT2D eigenvalue weighted by atomic mass is 9.94. The fourth-order valence-corrected chi connectivity index (χ4v) is 3.46. The number of hydrogen-bond acceptors (Lipinski definition) is 3. The number of halogens is 1. The Hall–Kier alpha value is -0.290. The molecule has 0 aromatic rings. The van der Waals surface area contributed by atoms with Crippen molar-refractivity contribution in [2.45, 2.75) is 25.3 Å². The first kappa shape index (κ1) is 8.31. The minimum atomic E-state index is -3.81. The van der Waals surface area contributed by atoms with Gasteiger partial charge in [0.15, 0.2) is 0 Å². The smallest absolute Gasteiger partial charge is 0.273 e. The zero-order chi connectivity index (χ0) is 8.93. The van der Waals surface area contributed by atoms with E-state index < -0.39 is 9.24 Å². The Kier molecular flexibility index (Phi) is 1.63. The van der Waals surface area contributed by atoms with Gasteiger partial charge in [-0.15, -0.1) is 0 Å². The summed E-state index contributed by atoms with van der Waals surface area (Å²) in [4.78, 5) is 11.2. The molecule has 12 heavy (non-hydrogen) atoms. The summed E-state index contributed by atoms with van der Waals surface area (Å²) in [6.45, 7) is 0. The summed E-state index contributed by atoms with van der Waals surface area (Å²) in [5.74, 6) is -0.397. The van der Waals surface area contributed by atoms with Crippen LogP contribution in [0.15, 0.2) is 0 Å². The van der Waals surface area contributed by atoms with Crippen LogP contribution in [-0.4, -0.2) is 24.7 Å². The molecule has 2 aliphatic rings. The van der Waals surface area contributed by atoms with Crippen molar-refractivity contribution in [1.82, 2.24) is 4.31 Å². The van der Waals surface area contributed by atoms with E-state index in [1.807, 2.05) is 0 Å². The molecule has 6 heteroatoms. The third-order valence-corrected chi connectivity index (χ3v) is 3.92. The van der Waals surface area contributed by atoms with Crippen LogP contribution in [0.4, 0.5) is 0 Å². The standard InChI is InChI=1S/C6H8ClNO3S/c7-12(10,11)8-5-3-1-2-4(5)6(8)9/h4-5H,1-3H2/t4-,5+/m0/s1. The molecule has 1 heterocycles. The Morgan fingerprint density at radius 3 is 2.67 bits per heavy atom. The summed E-state index contributed by atoms with van der Waals surface area (Å²) in [5, 5.41) is 0. The minimum absolute atomic E-state index is 0.0708. The van der Waals surface area contributed by atoms with Gasteiger partial charge in [0.05, 0.1) is 12.0 Å². The highest BCUT2D eigenvalue weighted by Crippen LogP contribution is 2.42. The van der Waals surface area contributed by atoms with Crippen LogP contribution in [0.2, 0.25) is 0 Å². The van der Waals surface area contributed by atoms with Crippen molar-refractivity contribution >= 4 is 25.8 Å². The lowest BCUT2D eigenvalue weighted by molar-refractivity contribution is -0.143. The van der Waals surface area contributed by atoms with Gasteiger partial charge in [-0.1, -0.05) is 6.42 Å². The molecule has 1 aliphatic heterocycles. The molecule has 2 fully saturated rings. The van der Waals surface area contributed by atoms with Crippen LogP contribution < -0.4 is 0 Å². The van der Waals surface area contributed by atoms with E-state index in [9.17, 15) is 13.2 Å². The van der Waals surface area contributed by atoms with E-state index in [-0.39, 0.29) is 17.9 Å². The highest BCUT2D eigenvalue weighted by Gasteiger charge is 2.54. The molecule has 2 rings (SSSR count). The number of nitrogens with zero attached hydrogens (tertiary/aromatic N) is 1. The highest BCUT2D eigenvalue weighted by atomic mass is 35.7. The Morgan fingerprint density at radius 2 is 2.08 bits per heavy atom. The van der Waals surface area contributed by atoms with Crippen LogP contribution in [0.5, 0.6) is 0 Å². The molecule has 0 N–H and O–H groups in total. The topological polar surface area (TPSA) is 54.5 Å². The van der Waals surface area contributed by atoms with Gasteiger partial charge in [-0.25, -0.2) is 4.31 Å². The SMILES string of the molecule is O=C1[C@H]2CCC[C@H]2N1S(=O)(=O)Cl. The molecule has 1 saturated carbocycles. The molecule has 0 aromatic heterocycles. The molecule has 1 aliphatic carbocycles. The van der Waals surface area contributed by atoms with Gasteiger partial charge >= 0.3 is 9.24 Å². The quantitative estimate of drug-likeness (QED) is 0.466. The Morgan fingerprint density at radius 1 is 1.42 bits per heavy atom. The molecule has 0 aromatic carbocycles. The Labute approximate surface area is 75.0 Å². The number of rotatable bonds is 1. The van der Waals surface area contributed by atoms with Gasteiger partial charge in [-0.05, 0) is 12.8 Å². The maximum atomic E-state index is 11.2. The molecule has 0 bridgehead atoms. The molecule has 0 radical (unpaired) electrons. The van der Waals surface area contributed by atoms with E-state index >= 15 is 0 Å². The summed E-state index contributed by atoms with van der Waals surface area (Å²) in [6, 6.07) is -0.139. The number of β-lactam (4-membered cyclic amide) rings is 1. The van der Waals surface area contributed by atoms with Crippen LogP contribution in [0.3, 0.4) is 0 Å². The summed E-state index contributed by atoms with van der Waals surface area (Å²) >= 11 is 0. The summed E-state index contributed by atoms with van der Waals surface area (Å²) in [7, 11) is 1.26. The van der Waals surface area contributed by atoms with Crippen LogP contribution >= 0.6 is 10.7 Å².